The second-order valence-electron chi connectivity index (χ2n) is 11.2. The Morgan fingerprint density at radius 3 is 1.35 bits per heavy atom. The Kier molecular flexibility index (Phi) is 47.8. The van der Waals surface area contributed by atoms with Crippen molar-refractivity contribution in [2.45, 2.75) is 152 Å². The monoisotopic (exact) mass is 682 g/mol. The predicted octanol–water partition coefficient (Wildman–Crippen LogP) is -0.0915. The van der Waals surface area contributed by atoms with E-state index in [9.17, 15) is 25.9 Å². The third-order valence-corrected chi connectivity index (χ3v) is 9.21. The summed E-state index contributed by atoms with van der Waals surface area (Å²) >= 11 is 0.889. The first-order valence-electron chi connectivity index (χ1n) is 16.5. The molecule has 0 amide bonds. The van der Waals surface area contributed by atoms with Crippen LogP contribution in [0.3, 0.4) is 0 Å². The molecule has 0 saturated heterocycles. The molecular weight excluding hydrogens is 621 g/mol. The smallest absolute Gasteiger partial charge is 1.00 e. The van der Waals surface area contributed by atoms with E-state index in [0.29, 0.717) is 13.0 Å². The predicted molar refractivity (Wildman–Crippen MR) is 169 cm³/mol. The largest absolute Gasteiger partial charge is 1.00 e. The van der Waals surface area contributed by atoms with Gasteiger partial charge in [0.15, 0.2) is 0 Å². The Morgan fingerprint density at radius 1 is 0.605 bits per heavy atom. The third-order valence-electron chi connectivity index (χ3n) is 7.04. The van der Waals surface area contributed by atoms with Gasteiger partial charge in [-0.15, -0.1) is 0 Å². The molecule has 0 spiro atoms. The second-order valence-corrected chi connectivity index (χ2v) is 15.2. The molecule has 0 aliphatic carbocycles. The normalized spacial score (nSPS) is 12.1. The summed E-state index contributed by atoms with van der Waals surface area (Å²) in [6.45, 7) is 6.60. The van der Waals surface area contributed by atoms with Crippen LogP contribution in [-0.2, 0) is 24.7 Å². The first-order chi connectivity index (χ1) is 19.5. The van der Waals surface area contributed by atoms with Crippen LogP contribution < -0.4 is 69.7 Å². The van der Waals surface area contributed by atoms with E-state index in [1.807, 2.05) is 0 Å². The zero-order valence-electron chi connectivity index (χ0n) is 28.6. The Balaban J connectivity index is -0.000000338. The maximum Gasteiger partial charge on any atom is 1.00 e. The van der Waals surface area contributed by atoms with Gasteiger partial charge >= 0.3 is 195 Å². The summed E-state index contributed by atoms with van der Waals surface area (Å²) in [6, 6.07) is 0. The zero-order valence-corrected chi connectivity index (χ0v) is 36.3. The quantitative estimate of drug-likeness (QED) is 0.0459. The molecule has 1 unspecified atom stereocenters. The molecule has 0 radical (unpaired) electrons. The first kappa shape index (κ1) is 52.5. The van der Waals surface area contributed by atoms with Crippen LogP contribution in [0.25, 0.3) is 0 Å². The van der Waals surface area contributed by atoms with Gasteiger partial charge in [0.2, 0.25) is 10.4 Å². The molecule has 0 heterocycles. The average molecular weight is 683 g/mol. The van der Waals surface area contributed by atoms with Gasteiger partial charge in [-0.3, -0.25) is 4.18 Å². The van der Waals surface area contributed by atoms with E-state index >= 15 is 0 Å². The standard InChI is InChI=1S/C15H32NO3S.C14H31NO4S.3Na/c1-2-3-4-5-6-7-8-9-10-11-13-16-14-12-15-20(17,18)19;1-2-3-4-5-6-7-8-9-10-11-12-15-13-14-19-20(16,17)18;;;/h14,16H,2-13,15H2,1H3,(H,17,18,19);15H,2-14H2,1H3,(H,16,17,18);;;/q;;;2*+1/p-2. The first-order valence-corrected chi connectivity index (χ1v) is 20.6. The summed E-state index contributed by atoms with van der Waals surface area (Å²) in [5.41, 5.74) is 0. The van der Waals surface area contributed by atoms with Crippen molar-refractivity contribution in [2.24, 2.45) is 0 Å². The van der Waals surface area contributed by atoms with Gasteiger partial charge in [-0.05, 0) is 13.0 Å². The van der Waals surface area contributed by atoms with Crippen LogP contribution in [0.15, 0.2) is 0 Å². The van der Waals surface area contributed by atoms with Crippen molar-refractivity contribution in [1.29, 1.82) is 0 Å². The number of hydrogen-bond donors (Lipinski definition) is 2. The van der Waals surface area contributed by atoms with Crippen molar-refractivity contribution in [3.63, 3.8) is 0 Å². The van der Waals surface area contributed by atoms with Gasteiger partial charge < -0.3 is 9.87 Å². The minimum Gasteiger partial charge on any atom is 1.00 e. The summed E-state index contributed by atoms with van der Waals surface area (Å²) in [6.07, 6.45) is 26.7. The van der Waals surface area contributed by atoms with Crippen LogP contribution in [0, 0.1) is 0 Å². The van der Waals surface area contributed by atoms with Crippen LogP contribution in [0.2, 0.25) is 0 Å². The Hall–Kier alpha value is 2.70. The third kappa shape index (κ3) is 54.4. The maximum absolute atomic E-state index is 10.5. The molecule has 0 fully saturated rings. The van der Waals surface area contributed by atoms with Gasteiger partial charge in [-0.25, -0.2) is 8.42 Å². The van der Waals surface area contributed by atoms with E-state index in [1.165, 1.54) is 116 Å². The molecule has 0 rings (SSSR count). The summed E-state index contributed by atoms with van der Waals surface area (Å²) in [5.74, 6) is -0.230. The molecule has 0 saturated carbocycles. The van der Waals surface area contributed by atoms with E-state index in [4.69, 9.17) is 0 Å². The molecule has 244 valence electrons. The number of unbranched alkanes of at least 4 members (excludes halogenated alkanes) is 18. The van der Waals surface area contributed by atoms with E-state index in [-0.39, 0.29) is 74.8 Å². The van der Waals surface area contributed by atoms with Gasteiger partial charge in [0.1, 0.15) is 0 Å². The van der Waals surface area contributed by atoms with E-state index in [0.717, 1.165) is 53.9 Å². The molecule has 0 aromatic rings. The Labute approximate surface area is 328 Å². The van der Waals surface area contributed by atoms with E-state index in [1.54, 1.807) is 0 Å². The molecule has 1 atom stereocenters. The van der Waals surface area contributed by atoms with Crippen molar-refractivity contribution < 1.29 is 89.2 Å². The van der Waals surface area contributed by atoms with Gasteiger partial charge in [0.25, 0.3) is 0 Å². The van der Waals surface area contributed by atoms with E-state index < -0.39 is 20.5 Å². The summed E-state index contributed by atoms with van der Waals surface area (Å²) in [5, 5.41) is 6.39. The van der Waals surface area contributed by atoms with Crippen LogP contribution in [0.5, 0.6) is 0 Å². The van der Waals surface area contributed by atoms with E-state index in [2.05, 4.69) is 28.7 Å². The maximum atomic E-state index is 10.5. The minimum absolute atomic E-state index is 0. The molecule has 2 N–H and O–H groups in total. The molecule has 0 bridgehead atoms. The van der Waals surface area contributed by atoms with Crippen LogP contribution in [0.4, 0.5) is 0 Å². The van der Waals surface area contributed by atoms with Crippen LogP contribution >= 0.6 is 0 Å². The molecule has 0 aromatic heterocycles. The molecule has 0 aromatic carbocycles. The van der Waals surface area contributed by atoms with Gasteiger partial charge in [-0.2, -0.15) is 0 Å². The van der Waals surface area contributed by atoms with Gasteiger partial charge in [0, 0.05) is 6.54 Å². The summed E-state index contributed by atoms with van der Waals surface area (Å²) in [7, 11) is -8.57. The Bertz CT molecular complexity index is 750. The Morgan fingerprint density at radius 2 is 0.977 bits per heavy atom. The number of rotatable bonds is 30. The van der Waals surface area contributed by atoms with Crippen molar-refractivity contribution in [3.05, 3.63) is 0 Å². The van der Waals surface area contributed by atoms with Crippen molar-refractivity contribution in [2.75, 3.05) is 32.0 Å². The molecular formula is C29H61N2Na3O7S2. The second kappa shape index (κ2) is 39.1. The van der Waals surface area contributed by atoms with Crippen molar-refractivity contribution in [1.82, 2.24) is 10.6 Å². The molecule has 0 aliphatic heterocycles. The fraction of sp³-hybridized carbons (Fsp3) is 1.00. The van der Waals surface area contributed by atoms with Crippen molar-refractivity contribution in [3.8, 4) is 0 Å². The fourth-order valence-electron chi connectivity index (χ4n) is 4.46. The number of nitrogens with one attached hydrogen (secondary N) is 2. The fourth-order valence-corrected chi connectivity index (χ4v) is 6.39. The van der Waals surface area contributed by atoms with Gasteiger partial charge in [-0.1, -0.05) is 78.1 Å². The average Bonchev–Trinajstić information content (AvgIpc) is 2.90. The molecule has 9 nitrogen and oxygen atoms in total. The van der Waals surface area contributed by atoms with Gasteiger partial charge in [0.05, 0.1) is 6.61 Å². The van der Waals surface area contributed by atoms with Crippen LogP contribution in [0.1, 0.15) is 149 Å². The summed E-state index contributed by atoms with van der Waals surface area (Å²) in [4.78, 5) is 0. The minimum atomic E-state index is -4.53. The topological polar surface area (TPSA) is 148 Å². The SMILES string of the molecule is CCCCCCCCCCCCNCCOS(=O)(=O)[O-].CCCCCCCCCCCCN[CH]([Na])CCS(=O)(=O)[O-].[Na+].[Na+]. The molecule has 14 heteroatoms. The summed E-state index contributed by atoms with van der Waals surface area (Å²) < 4.78 is 66.3. The van der Waals surface area contributed by atoms with Crippen LogP contribution in [-0.4, -0.2) is 89.2 Å². The number of hydrogen-bond acceptors (Lipinski definition) is 9. The van der Waals surface area contributed by atoms with Crippen molar-refractivity contribution >= 4 is 48.4 Å². The zero-order chi connectivity index (χ0) is 31.1. The molecule has 43 heavy (non-hydrogen) atoms. The molecule has 0 aliphatic rings.